The van der Waals surface area contributed by atoms with Crippen LogP contribution < -0.4 is 5.32 Å². The molecule has 0 aliphatic heterocycles. The van der Waals surface area contributed by atoms with Gasteiger partial charge in [0.15, 0.2) is 0 Å². The number of carbonyl (C=O) groups excluding carboxylic acids is 1. The van der Waals surface area contributed by atoms with Crippen LogP contribution in [-0.2, 0) is 4.79 Å². The summed E-state index contributed by atoms with van der Waals surface area (Å²) in [5.74, 6) is -0.0876. The highest BCUT2D eigenvalue weighted by Crippen LogP contribution is 2.07. The molecule has 0 aromatic carbocycles. The maximum atomic E-state index is 10.8. The predicted molar refractivity (Wildman–Crippen MR) is 51.5 cm³/mol. The van der Waals surface area contributed by atoms with E-state index in [1.165, 1.54) is 0 Å². The maximum Gasteiger partial charge on any atom is 0.234 e. The van der Waals surface area contributed by atoms with Crippen molar-refractivity contribution in [2.75, 3.05) is 26.5 Å². The van der Waals surface area contributed by atoms with Gasteiger partial charge in [-0.25, -0.2) is 0 Å². The summed E-state index contributed by atoms with van der Waals surface area (Å²) in [7, 11) is 3.96. The van der Waals surface area contributed by atoms with Crippen LogP contribution in [0.4, 0.5) is 0 Å². The van der Waals surface area contributed by atoms with Gasteiger partial charge in [0, 0.05) is 12.1 Å². The zero-order chi connectivity index (χ0) is 9.78. The fourth-order valence-electron chi connectivity index (χ4n) is 0.520. The highest BCUT2D eigenvalue weighted by molar-refractivity contribution is 6.27. The predicted octanol–water partition coefficient (Wildman–Crippen LogP) is 0.682. The van der Waals surface area contributed by atoms with E-state index in [9.17, 15) is 4.79 Å². The minimum absolute atomic E-state index is 0.0261. The van der Waals surface area contributed by atoms with Crippen LogP contribution in [0.2, 0.25) is 0 Å². The number of alkyl halides is 1. The van der Waals surface area contributed by atoms with Gasteiger partial charge in [0.2, 0.25) is 5.91 Å². The van der Waals surface area contributed by atoms with Crippen molar-refractivity contribution in [1.29, 1.82) is 0 Å². The number of amides is 1. The second kappa shape index (κ2) is 4.67. The molecule has 0 spiro atoms. The number of hydrogen-bond acceptors (Lipinski definition) is 2. The van der Waals surface area contributed by atoms with Gasteiger partial charge >= 0.3 is 0 Å². The third kappa shape index (κ3) is 3.93. The number of halogens is 1. The van der Waals surface area contributed by atoms with Gasteiger partial charge in [-0.1, -0.05) is 0 Å². The van der Waals surface area contributed by atoms with Gasteiger partial charge in [-0.15, -0.1) is 11.6 Å². The Morgan fingerprint density at radius 2 is 2.00 bits per heavy atom. The molecule has 1 amide bonds. The van der Waals surface area contributed by atoms with E-state index in [-0.39, 0.29) is 17.3 Å². The molecule has 0 aromatic rings. The van der Waals surface area contributed by atoms with Crippen LogP contribution >= 0.6 is 11.6 Å². The molecule has 1 N–H and O–H groups in total. The summed E-state index contributed by atoms with van der Waals surface area (Å²) in [5.41, 5.74) is -0.0261. The summed E-state index contributed by atoms with van der Waals surface area (Å²) in [6.45, 7) is 4.73. The van der Waals surface area contributed by atoms with Crippen molar-refractivity contribution in [2.24, 2.45) is 0 Å². The number of nitrogens with zero attached hydrogens (tertiary/aromatic N) is 1. The maximum absolute atomic E-state index is 10.8. The van der Waals surface area contributed by atoms with E-state index in [0.29, 0.717) is 6.54 Å². The normalized spacial score (nSPS) is 11.8. The molecule has 0 aromatic heterocycles. The van der Waals surface area contributed by atoms with Gasteiger partial charge in [-0.2, -0.15) is 0 Å². The van der Waals surface area contributed by atoms with Crippen LogP contribution in [0.25, 0.3) is 0 Å². The number of rotatable bonds is 4. The Morgan fingerprint density at radius 1 is 1.50 bits per heavy atom. The van der Waals surface area contributed by atoms with Crippen LogP contribution in [0.15, 0.2) is 0 Å². The van der Waals surface area contributed by atoms with Gasteiger partial charge in [0.05, 0.1) is 0 Å². The molecule has 0 unspecified atom stereocenters. The van der Waals surface area contributed by atoms with E-state index in [4.69, 9.17) is 11.6 Å². The largest absolute Gasteiger partial charge is 0.353 e. The first-order chi connectivity index (χ1) is 5.40. The first kappa shape index (κ1) is 11.7. The summed E-state index contributed by atoms with van der Waals surface area (Å²) in [6.07, 6.45) is 0. The van der Waals surface area contributed by atoms with Crippen LogP contribution in [0.5, 0.6) is 0 Å². The lowest BCUT2D eigenvalue weighted by atomic mass is 10.0. The Hall–Kier alpha value is -0.280. The molecule has 0 bridgehead atoms. The highest BCUT2D eigenvalue weighted by atomic mass is 35.5. The average Bonchev–Trinajstić information content (AvgIpc) is 2.00. The second-order valence-corrected chi connectivity index (χ2v) is 3.88. The van der Waals surface area contributed by atoms with Crippen molar-refractivity contribution >= 4 is 17.5 Å². The first-order valence-corrected chi connectivity index (χ1v) is 4.43. The Morgan fingerprint density at radius 3 is 2.33 bits per heavy atom. The van der Waals surface area contributed by atoms with E-state index < -0.39 is 0 Å². The zero-order valence-corrected chi connectivity index (χ0v) is 8.90. The number of likely N-dealkylation sites (N-methyl/N-ethyl adjacent to an activating group) is 1. The Bertz CT molecular complexity index is 157. The van der Waals surface area contributed by atoms with Crippen LogP contribution in [0.3, 0.4) is 0 Å². The number of carbonyl (C=O) groups is 1. The minimum Gasteiger partial charge on any atom is -0.353 e. The molecule has 0 radical (unpaired) electrons. The van der Waals surface area contributed by atoms with Crippen LogP contribution in [-0.4, -0.2) is 42.9 Å². The van der Waals surface area contributed by atoms with Gasteiger partial charge in [0.25, 0.3) is 0 Å². The van der Waals surface area contributed by atoms with Crippen molar-refractivity contribution in [3.63, 3.8) is 0 Å². The zero-order valence-electron chi connectivity index (χ0n) is 8.15. The second-order valence-electron chi connectivity index (χ2n) is 3.62. The standard InChI is InChI=1S/C8H17ClN2O/c1-8(2,11(3)4)6-10-7(12)5-9/h5-6H2,1-4H3,(H,10,12). The number of nitrogens with one attached hydrogen (secondary N) is 1. The molecule has 0 atom stereocenters. The minimum atomic E-state index is -0.119. The first-order valence-electron chi connectivity index (χ1n) is 3.90. The van der Waals surface area contributed by atoms with Gasteiger partial charge in [-0.3, -0.25) is 4.79 Å². The molecular formula is C8H17ClN2O. The molecule has 3 nitrogen and oxygen atoms in total. The van der Waals surface area contributed by atoms with Crippen molar-refractivity contribution in [3.05, 3.63) is 0 Å². The van der Waals surface area contributed by atoms with Gasteiger partial charge < -0.3 is 10.2 Å². The highest BCUT2D eigenvalue weighted by Gasteiger charge is 2.20. The Labute approximate surface area is 79.1 Å². The third-order valence-electron chi connectivity index (χ3n) is 2.05. The summed E-state index contributed by atoms with van der Waals surface area (Å²) in [6, 6.07) is 0. The Kier molecular flexibility index (Phi) is 4.57. The quantitative estimate of drug-likeness (QED) is 0.665. The molecule has 0 rings (SSSR count). The molecular weight excluding hydrogens is 176 g/mol. The summed E-state index contributed by atoms with van der Waals surface area (Å²) >= 11 is 5.33. The molecule has 72 valence electrons. The van der Waals surface area contributed by atoms with Crippen molar-refractivity contribution in [3.8, 4) is 0 Å². The van der Waals surface area contributed by atoms with E-state index in [2.05, 4.69) is 24.1 Å². The van der Waals surface area contributed by atoms with Gasteiger partial charge in [0.1, 0.15) is 5.88 Å². The molecule has 0 aliphatic rings. The monoisotopic (exact) mass is 192 g/mol. The lowest BCUT2D eigenvalue weighted by Crippen LogP contribution is -2.48. The van der Waals surface area contributed by atoms with Crippen molar-refractivity contribution < 1.29 is 4.79 Å². The smallest absolute Gasteiger partial charge is 0.234 e. The molecule has 0 saturated carbocycles. The van der Waals surface area contributed by atoms with Crippen molar-refractivity contribution in [2.45, 2.75) is 19.4 Å². The van der Waals surface area contributed by atoms with Crippen molar-refractivity contribution in [1.82, 2.24) is 10.2 Å². The van der Waals surface area contributed by atoms with E-state index >= 15 is 0 Å². The molecule has 0 fully saturated rings. The third-order valence-corrected chi connectivity index (χ3v) is 2.29. The lowest BCUT2D eigenvalue weighted by molar-refractivity contribution is -0.119. The van der Waals surface area contributed by atoms with Crippen LogP contribution in [0.1, 0.15) is 13.8 Å². The number of hydrogen-bond donors (Lipinski definition) is 1. The summed E-state index contributed by atoms with van der Waals surface area (Å²) in [5, 5.41) is 2.74. The topological polar surface area (TPSA) is 32.3 Å². The lowest BCUT2D eigenvalue weighted by Gasteiger charge is -2.32. The summed E-state index contributed by atoms with van der Waals surface area (Å²) < 4.78 is 0. The SMILES string of the molecule is CN(C)C(C)(C)CNC(=O)CCl. The van der Waals surface area contributed by atoms with E-state index in [1.807, 2.05) is 14.1 Å². The molecule has 4 heteroatoms. The van der Waals surface area contributed by atoms with E-state index in [1.54, 1.807) is 0 Å². The van der Waals surface area contributed by atoms with Crippen LogP contribution in [0, 0.1) is 0 Å². The molecule has 0 aliphatic carbocycles. The fourth-order valence-corrected chi connectivity index (χ4v) is 0.615. The summed E-state index contributed by atoms with van der Waals surface area (Å²) in [4.78, 5) is 12.9. The molecule has 0 saturated heterocycles. The Balaban J connectivity index is 3.83. The van der Waals surface area contributed by atoms with E-state index in [0.717, 1.165) is 0 Å². The average molecular weight is 193 g/mol. The fraction of sp³-hybridized carbons (Fsp3) is 0.875. The molecule has 0 heterocycles. The van der Waals surface area contributed by atoms with Gasteiger partial charge in [-0.05, 0) is 27.9 Å². The molecule has 12 heavy (non-hydrogen) atoms.